The van der Waals surface area contributed by atoms with Crippen molar-refractivity contribution in [2.45, 2.75) is 19.9 Å². The molecule has 5 heteroatoms. The van der Waals surface area contributed by atoms with Gasteiger partial charge in [0.15, 0.2) is 0 Å². The van der Waals surface area contributed by atoms with Gasteiger partial charge in [-0.05, 0) is 18.6 Å². The Bertz CT molecular complexity index is 544. The molecule has 0 bridgehead atoms. The number of nitrogens with two attached hydrogens (primary N) is 2. The predicted molar refractivity (Wildman–Crippen MR) is 62.7 cm³/mol. The van der Waals surface area contributed by atoms with Gasteiger partial charge in [-0.3, -0.25) is 4.79 Å². The number of benzene rings is 1. The molecule has 0 aliphatic heterocycles. The van der Waals surface area contributed by atoms with Crippen molar-refractivity contribution in [3.05, 3.63) is 23.8 Å². The molecule has 0 aliphatic carbocycles. The third kappa shape index (κ3) is 1.71. The van der Waals surface area contributed by atoms with Crippen molar-refractivity contribution >= 4 is 22.9 Å². The molecule has 0 radical (unpaired) electrons. The molecule has 0 spiro atoms. The zero-order valence-electron chi connectivity index (χ0n) is 9.10. The summed E-state index contributed by atoms with van der Waals surface area (Å²) in [6.45, 7) is 2.47. The van der Waals surface area contributed by atoms with Gasteiger partial charge in [0, 0.05) is 13.0 Å². The van der Waals surface area contributed by atoms with E-state index in [0.717, 1.165) is 16.6 Å². The van der Waals surface area contributed by atoms with Gasteiger partial charge in [0.05, 0.1) is 11.0 Å². The number of amides is 1. The summed E-state index contributed by atoms with van der Waals surface area (Å²) in [7, 11) is 0. The summed E-state index contributed by atoms with van der Waals surface area (Å²) >= 11 is 0. The molecule has 84 valence electrons. The van der Waals surface area contributed by atoms with Gasteiger partial charge in [-0.15, -0.1) is 0 Å². The van der Waals surface area contributed by atoms with E-state index in [9.17, 15) is 4.79 Å². The van der Waals surface area contributed by atoms with Gasteiger partial charge in [-0.2, -0.15) is 0 Å². The van der Waals surface area contributed by atoms with Crippen LogP contribution in [0.2, 0.25) is 0 Å². The molecule has 0 aliphatic rings. The van der Waals surface area contributed by atoms with Crippen LogP contribution in [0.3, 0.4) is 0 Å². The van der Waals surface area contributed by atoms with Gasteiger partial charge in [0.2, 0.25) is 11.9 Å². The number of carbonyl (C=O) groups excluding carboxylic acids is 1. The molecular formula is C11H14N4O. The zero-order chi connectivity index (χ0) is 11.7. The molecule has 1 aromatic heterocycles. The molecule has 0 saturated heterocycles. The summed E-state index contributed by atoms with van der Waals surface area (Å²) in [6, 6.07) is 5.83. The van der Waals surface area contributed by atoms with Crippen molar-refractivity contribution in [2.75, 3.05) is 5.73 Å². The lowest BCUT2D eigenvalue weighted by Gasteiger charge is -2.06. The van der Waals surface area contributed by atoms with Gasteiger partial charge in [0.1, 0.15) is 0 Å². The first kappa shape index (κ1) is 10.5. The van der Waals surface area contributed by atoms with Crippen molar-refractivity contribution < 1.29 is 4.79 Å². The molecule has 2 aromatic rings. The predicted octanol–water partition coefficient (Wildman–Crippen LogP) is 0.802. The van der Waals surface area contributed by atoms with Crippen molar-refractivity contribution in [3.8, 4) is 0 Å². The highest BCUT2D eigenvalue weighted by molar-refractivity contribution is 5.82. The van der Waals surface area contributed by atoms with Gasteiger partial charge in [0.25, 0.3) is 0 Å². The quantitative estimate of drug-likeness (QED) is 0.798. The van der Waals surface area contributed by atoms with Crippen LogP contribution in [0.4, 0.5) is 5.95 Å². The highest BCUT2D eigenvalue weighted by Crippen LogP contribution is 2.21. The van der Waals surface area contributed by atoms with E-state index in [1.54, 1.807) is 0 Å². The topological polar surface area (TPSA) is 86.9 Å². The Kier molecular flexibility index (Phi) is 2.52. The molecule has 4 N–H and O–H groups in total. The fourth-order valence-corrected chi connectivity index (χ4v) is 1.83. The highest BCUT2D eigenvalue weighted by atomic mass is 16.1. The minimum atomic E-state index is -0.338. The summed E-state index contributed by atoms with van der Waals surface area (Å²) in [5.74, 6) is 0.0837. The summed E-state index contributed by atoms with van der Waals surface area (Å²) in [6.07, 6.45) is 0.268. The second kappa shape index (κ2) is 3.84. The first-order valence-corrected chi connectivity index (χ1v) is 5.09. The Balaban J connectivity index is 2.50. The van der Waals surface area contributed by atoms with Gasteiger partial charge in [-0.1, -0.05) is 12.1 Å². The molecule has 1 amide bonds. The highest BCUT2D eigenvalue weighted by Gasteiger charge is 2.10. The van der Waals surface area contributed by atoms with E-state index in [4.69, 9.17) is 11.5 Å². The summed E-state index contributed by atoms with van der Waals surface area (Å²) in [4.78, 5) is 15.0. The molecule has 0 atom stereocenters. The van der Waals surface area contributed by atoms with Crippen molar-refractivity contribution in [1.29, 1.82) is 0 Å². The summed E-state index contributed by atoms with van der Waals surface area (Å²) in [5, 5.41) is 0. The van der Waals surface area contributed by atoms with Crippen LogP contribution in [0.5, 0.6) is 0 Å². The van der Waals surface area contributed by atoms with E-state index in [2.05, 4.69) is 4.98 Å². The fourth-order valence-electron chi connectivity index (χ4n) is 1.83. The zero-order valence-corrected chi connectivity index (χ0v) is 9.10. The molecule has 0 saturated carbocycles. The Hall–Kier alpha value is -2.04. The molecule has 2 rings (SSSR count). The van der Waals surface area contributed by atoms with Crippen molar-refractivity contribution in [3.63, 3.8) is 0 Å². The third-order valence-electron chi connectivity index (χ3n) is 2.58. The monoisotopic (exact) mass is 218 g/mol. The second-order valence-corrected chi connectivity index (χ2v) is 3.78. The maximum absolute atomic E-state index is 10.8. The standard InChI is InChI=1S/C11H14N4O/c1-7-3-2-4-8-10(7)15(11(13)14-8)6-5-9(12)16/h2-4H,5-6H2,1H3,(H2,12,16)(H2,13,14). The largest absolute Gasteiger partial charge is 0.370 e. The van der Waals surface area contributed by atoms with Gasteiger partial charge < -0.3 is 16.0 Å². The minimum Gasteiger partial charge on any atom is -0.370 e. The average Bonchev–Trinajstić information content (AvgIpc) is 2.52. The number of nitrogens with zero attached hydrogens (tertiary/aromatic N) is 2. The number of primary amides is 1. The Morgan fingerprint density at radius 1 is 1.50 bits per heavy atom. The summed E-state index contributed by atoms with van der Waals surface area (Å²) < 4.78 is 1.83. The molecule has 0 unspecified atom stereocenters. The van der Waals surface area contributed by atoms with Crippen LogP contribution in [-0.4, -0.2) is 15.5 Å². The van der Waals surface area contributed by atoms with E-state index in [-0.39, 0.29) is 12.3 Å². The maximum Gasteiger partial charge on any atom is 0.219 e. The van der Waals surface area contributed by atoms with E-state index < -0.39 is 0 Å². The second-order valence-electron chi connectivity index (χ2n) is 3.78. The van der Waals surface area contributed by atoms with Crippen LogP contribution in [0.15, 0.2) is 18.2 Å². The number of aryl methyl sites for hydroxylation is 2. The molecular weight excluding hydrogens is 204 g/mol. The Morgan fingerprint density at radius 2 is 2.25 bits per heavy atom. The number of hydrogen-bond acceptors (Lipinski definition) is 3. The van der Waals surface area contributed by atoms with Gasteiger partial charge >= 0.3 is 0 Å². The minimum absolute atomic E-state index is 0.268. The number of fused-ring (bicyclic) bond motifs is 1. The smallest absolute Gasteiger partial charge is 0.219 e. The number of imidazole rings is 1. The number of anilines is 1. The van der Waals surface area contributed by atoms with E-state index in [0.29, 0.717) is 12.5 Å². The Labute approximate surface area is 93.1 Å². The first-order chi connectivity index (χ1) is 7.59. The molecule has 5 nitrogen and oxygen atoms in total. The van der Waals surface area contributed by atoms with E-state index >= 15 is 0 Å². The Morgan fingerprint density at radius 3 is 2.94 bits per heavy atom. The third-order valence-corrected chi connectivity index (χ3v) is 2.58. The van der Waals surface area contributed by atoms with Crippen LogP contribution in [0.25, 0.3) is 11.0 Å². The maximum atomic E-state index is 10.8. The normalized spacial score (nSPS) is 10.8. The van der Waals surface area contributed by atoms with E-state index in [1.165, 1.54) is 0 Å². The molecule has 0 fully saturated rings. The summed E-state index contributed by atoms with van der Waals surface area (Å²) in [5.41, 5.74) is 13.8. The number of aromatic nitrogens is 2. The van der Waals surface area contributed by atoms with Crippen LogP contribution in [0.1, 0.15) is 12.0 Å². The van der Waals surface area contributed by atoms with Crippen LogP contribution < -0.4 is 11.5 Å². The van der Waals surface area contributed by atoms with Crippen LogP contribution >= 0.6 is 0 Å². The van der Waals surface area contributed by atoms with Crippen LogP contribution in [0, 0.1) is 6.92 Å². The lowest BCUT2D eigenvalue weighted by atomic mass is 10.2. The number of hydrogen-bond donors (Lipinski definition) is 2. The molecule has 1 aromatic carbocycles. The SMILES string of the molecule is Cc1cccc2nc(N)n(CCC(N)=O)c12. The number of rotatable bonds is 3. The number of carbonyl (C=O) groups is 1. The van der Waals surface area contributed by atoms with Gasteiger partial charge in [-0.25, -0.2) is 4.98 Å². The number of nitrogen functional groups attached to an aromatic ring is 1. The first-order valence-electron chi connectivity index (χ1n) is 5.09. The van der Waals surface area contributed by atoms with E-state index in [1.807, 2.05) is 29.7 Å². The van der Waals surface area contributed by atoms with Crippen LogP contribution in [-0.2, 0) is 11.3 Å². The number of para-hydroxylation sites is 1. The molecule has 16 heavy (non-hydrogen) atoms. The molecule has 1 heterocycles. The average molecular weight is 218 g/mol. The van der Waals surface area contributed by atoms with Crippen molar-refractivity contribution in [2.24, 2.45) is 5.73 Å². The van der Waals surface area contributed by atoms with Crippen molar-refractivity contribution in [1.82, 2.24) is 9.55 Å². The fraction of sp³-hybridized carbons (Fsp3) is 0.273. The lowest BCUT2D eigenvalue weighted by Crippen LogP contribution is -2.15. The lowest BCUT2D eigenvalue weighted by molar-refractivity contribution is -0.118.